The minimum absolute atomic E-state index is 1.13. The number of rotatable bonds is 3. The first kappa shape index (κ1) is 20.9. The van der Waals surface area contributed by atoms with E-state index in [1.165, 1.54) is 49.1 Å². The molecule has 0 aliphatic carbocycles. The van der Waals surface area contributed by atoms with Gasteiger partial charge in [-0.05, 0) is 77.2 Å². The Hall–Kier alpha value is -3.62. The first-order valence-corrected chi connectivity index (χ1v) is 12.4. The highest BCUT2D eigenvalue weighted by Crippen LogP contribution is 2.44. The Bertz CT molecular complexity index is 1620. The molecular weight excluding hydrogens is 478 g/mol. The molecule has 0 amide bonds. The lowest BCUT2D eigenvalue weighted by Gasteiger charge is -2.28. The molecular formula is C32H24BrN. The molecule has 0 N–H and O–H groups in total. The predicted octanol–water partition coefficient (Wildman–Crippen LogP) is 10.00. The van der Waals surface area contributed by atoms with Gasteiger partial charge in [0.2, 0.25) is 0 Å². The van der Waals surface area contributed by atoms with E-state index >= 15 is 0 Å². The zero-order valence-corrected chi connectivity index (χ0v) is 20.8. The zero-order chi connectivity index (χ0) is 23.2. The van der Waals surface area contributed by atoms with Gasteiger partial charge in [0.15, 0.2) is 0 Å². The standard InChI is InChI=1S/C32H24BrN/c1-21-11-15-23(16-12-21)34(24-17-13-22(2)14-18-24)32-20-30-25-7-3-5-9-27(25)31(33)19-29(30)26-8-4-6-10-28(26)32/h3-20H,1-2H3. The van der Waals surface area contributed by atoms with Crippen LogP contribution in [0.25, 0.3) is 32.3 Å². The highest BCUT2D eigenvalue weighted by Gasteiger charge is 2.18. The Labute approximate surface area is 208 Å². The SMILES string of the molecule is Cc1ccc(N(c2ccc(C)cc2)c2cc3c4ccccc4c(Br)cc3c3ccccc23)cc1. The molecule has 164 valence electrons. The van der Waals surface area contributed by atoms with E-state index in [2.05, 4.69) is 144 Å². The third kappa shape index (κ3) is 3.46. The molecule has 0 radical (unpaired) electrons. The van der Waals surface area contributed by atoms with E-state index in [4.69, 9.17) is 0 Å². The van der Waals surface area contributed by atoms with Crippen LogP contribution in [0.3, 0.4) is 0 Å². The smallest absolute Gasteiger partial charge is 0.0546 e. The van der Waals surface area contributed by atoms with Crippen LogP contribution in [0.5, 0.6) is 0 Å². The van der Waals surface area contributed by atoms with E-state index in [0.717, 1.165) is 15.8 Å². The van der Waals surface area contributed by atoms with E-state index in [-0.39, 0.29) is 0 Å². The normalized spacial score (nSPS) is 11.4. The van der Waals surface area contributed by atoms with Gasteiger partial charge in [0.05, 0.1) is 5.69 Å². The minimum atomic E-state index is 1.13. The van der Waals surface area contributed by atoms with Gasteiger partial charge in [-0.3, -0.25) is 0 Å². The summed E-state index contributed by atoms with van der Waals surface area (Å²) in [5.41, 5.74) is 6.00. The van der Waals surface area contributed by atoms with Crippen molar-refractivity contribution in [3.8, 4) is 0 Å². The molecule has 0 fully saturated rings. The fraction of sp³-hybridized carbons (Fsp3) is 0.0625. The second-order valence-electron chi connectivity index (χ2n) is 8.95. The second kappa shape index (κ2) is 8.30. The maximum atomic E-state index is 3.83. The van der Waals surface area contributed by atoms with Crippen LogP contribution >= 0.6 is 15.9 Å². The molecule has 0 heterocycles. The molecule has 34 heavy (non-hydrogen) atoms. The summed E-state index contributed by atoms with van der Waals surface area (Å²) >= 11 is 3.83. The number of aryl methyl sites for hydroxylation is 2. The number of nitrogens with zero attached hydrogens (tertiary/aromatic N) is 1. The molecule has 0 saturated carbocycles. The summed E-state index contributed by atoms with van der Waals surface area (Å²) in [5, 5.41) is 7.50. The Morgan fingerprint density at radius 1 is 0.471 bits per heavy atom. The third-order valence-corrected chi connectivity index (χ3v) is 7.29. The number of anilines is 3. The quantitative estimate of drug-likeness (QED) is 0.218. The molecule has 0 aliphatic heterocycles. The van der Waals surface area contributed by atoms with E-state index in [0.29, 0.717) is 0 Å². The molecule has 1 nitrogen and oxygen atoms in total. The van der Waals surface area contributed by atoms with E-state index in [1.54, 1.807) is 0 Å². The molecule has 0 unspecified atom stereocenters. The van der Waals surface area contributed by atoms with Crippen LogP contribution in [-0.4, -0.2) is 0 Å². The van der Waals surface area contributed by atoms with Crippen molar-refractivity contribution in [2.45, 2.75) is 13.8 Å². The maximum Gasteiger partial charge on any atom is 0.0546 e. The molecule has 2 heteroatoms. The van der Waals surface area contributed by atoms with E-state index < -0.39 is 0 Å². The molecule has 6 aromatic carbocycles. The van der Waals surface area contributed by atoms with Crippen LogP contribution in [0.15, 0.2) is 114 Å². The van der Waals surface area contributed by atoms with Crippen molar-refractivity contribution in [2.75, 3.05) is 4.90 Å². The van der Waals surface area contributed by atoms with Gasteiger partial charge in [-0.2, -0.15) is 0 Å². The van der Waals surface area contributed by atoms with Gasteiger partial charge in [-0.25, -0.2) is 0 Å². The van der Waals surface area contributed by atoms with Crippen LogP contribution < -0.4 is 4.90 Å². The summed E-state index contributed by atoms with van der Waals surface area (Å²) in [5.74, 6) is 0. The molecule has 0 spiro atoms. The summed E-state index contributed by atoms with van der Waals surface area (Å²) in [4.78, 5) is 2.39. The molecule has 0 bridgehead atoms. The second-order valence-corrected chi connectivity index (χ2v) is 9.80. The lowest BCUT2D eigenvalue weighted by atomic mass is 9.95. The number of hydrogen-bond acceptors (Lipinski definition) is 1. The van der Waals surface area contributed by atoms with Gasteiger partial charge >= 0.3 is 0 Å². The Morgan fingerprint density at radius 3 is 1.47 bits per heavy atom. The monoisotopic (exact) mass is 501 g/mol. The highest BCUT2D eigenvalue weighted by molar-refractivity contribution is 9.10. The zero-order valence-electron chi connectivity index (χ0n) is 19.2. The van der Waals surface area contributed by atoms with Crippen LogP contribution in [0.2, 0.25) is 0 Å². The van der Waals surface area contributed by atoms with Crippen LogP contribution in [0.1, 0.15) is 11.1 Å². The average Bonchev–Trinajstić information content (AvgIpc) is 2.87. The highest BCUT2D eigenvalue weighted by atomic mass is 79.9. The number of benzene rings is 6. The minimum Gasteiger partial charge on any atom is -0.310 e. The summed E-state index contributed by atoms with van der Waals surface area (Å²) in [7, 11) is 0. The van der Waals surface area contributed by atoms with Crippen LogP contribution in [0, 0.1) is 13.8 Å². The van der Waals surface area contributed by atoms with E-state index in [1.807, 2.05) is 0 Å². The molecule has 6 rings (SSSR count). The number of fused-ring (bicyclic) bond motifs is 5. The molecule has 0 atom stereocenters. The Morgan fingerprint density at radius 2 is 0.912 bits per heavy atom. The van der Waals surface area contributed by atoms with Crippen LogP contribution in [0.4, 0.5) is 17.1 Å². The van der Waals surface area contributed by atoms with Crippen molar-refractivity contribution in [3.63, 3.8) is 0 Å². The van der Waals surface area contributed by atoms with Gasteiger partial charge in [0, 0.05) is 21.2 Å². The molecule has 0 saturated heterocycles. The number of halogens is 1. The Kier molecular flexibility index (Phi) is 5.12. The topological polar surface area (TPSA) is 3.24 Å². The van der Waals surface area contributed by atoms with Crippen molar-refractivity contribution in [2.24, 2.45) is 0 Å². The third-order valence-electron chi connectivity index (χ3n) is 6.64. The van der Waals surface area contributed by atoms with Crippen molar-refractivity contribution >= 4 is 65.3 Å². The Balaban J connectivity index is 1.75. The molecule has 0 aliphatic rings. The summed E-state index contributed by atoms with van der Waals surface area (Å²) in [6, 6.07) is 39.6. The van der Waals surface area contributed by atoms with Crippen molar-refractivity contribution < 1.29 is 0 Å². The van der Waals surface area contributed by atoms with Crippen molar-refractivity contribution in [1.29, 1.82) is 0 Å². The lowest BCUT2D eigenvalue weighted by Crippen LogP contribution is -2.10. The maximum absolute atomic E-state index is 3.83. The molecule has 6 aromatic rings. The fourth-order valence-electron chi connectivity index (χ4n) is 4.89. The van der Waals surface area contributed by atoms with Crippen molar-refractivity contribution in [3.05, 3.63) is 125 Å². The largest absolute Gasteiger partial charge is 0.310 e. The first-order chi connectivity index (χ1) is 16.6. The van der Waals surface area contributed by atoms with Gasteiger partial charge in [-0.15, -0.1) is 0 Å². The fourth-order valence-corrected chi connectivity index (χ4v) is 5.46. The van der Waals surface area contributed by atoms with Gasteiger partial charge in [0.1, 0.15) is 0 Å². The summed E-state index contributed by atoms with van der Waals surface area (Å²) in [6.07, 6.45) is 0. The van der Waals surface area contributed by atoms with Crippen LogP contribution in [-0.2, 0) is 0 Å². The summed E-state index contributed by atoms with van der Waals surface area (Å²) < 4.78 is 1.13. The average molecular weight is 502 g/mol. The first-order valence-electron chi connectivity index (χ1n) is 11.6. The lowest BCUT2D eigenvalue weighted by molar-refractivity contribution is 1.28. The van der Waals surface area contributed by atoms with Gasteiger partial charge < -0.3 is 4.90 Å². The van der Waals surface area contributed by atoms with E-state index in [9.17, 15) is 0 Å². The van der Waals surface area contributed by atoms with Gasteiger partial charge in [-0.1, -0.05) is 99.9 Å². The molecule has 0 aromatic heterocycles. The number of hydrogen-bond donors (Lipinski definition) is 0. The van der Waals surface area contributed by atoms with Crippen molar-refractivity contribution in [1.82, 2.24) is 0 Å². The summed E-state index contributed by atoms with van der Waals surface area (Å²) in [6.45, 7) is 4.27. The predicted molar refractivity (Wildman–Crippen MR) is 151 cm³/mol. The van der Waals surface area contributed by atoms with Gasteiger partial charge in [0.25, 0.3) is 0 Å².